The van der Waals surface area contributed by atoms with E-state index in [2.05, 4.69) is 11.8 Å². The molecular weight excluding hydrogens is 226 g/mol. The first kappa shape index (κ1) is 13.9. The summed E-state index contributed by atoms with van der Waals surface area (Å²) in [5.74, 6) is 0.729. The molecule has 0 saturated carbocycles. The van der Waals surface area contributed by atoms with Gasteiger partial charge in [0.2, 0.25) is 0 Å². The lowest BCUT2D eigenvalue weighted by Crippen LogP contribution is -2.45. The van der Waals surface area contributed by atoms with Crippen molar-refractivity contribution < 1.29 is 13.5 Å². The van der Waals surface area contributed by atoms with Gasteiger partial charge >= 0.3 is 0 Å². The number of aliphatic hydroxyl groups is 1. The first-order valence-corrected chi connectivity index (χ1v) is 7.92. The monoisotopic (exact) mass is 249 g/mol. The summed E-state index contributed by atoms with van der Waals surface area (Å²) in [7, 11) is -2.89. The van der Waals surface area contributed by atoms with Gasteiger partial charge in [0.25, 0.3) is 0 Å². The van der Waals surface area contributed by atoms with E-state index in [0.29, 0.717) is 12.5 Å². The number of aliphatic hydroxyl groups excluding tert-OH is 1. The van der Waals surface area contributed by atoms with E-state index >= 15 is 0 Å². The molecule has 4 nitrogen and oxygen atoms in total. The summed E-state index contributed by atoms with van der Waals surface area (Å²) < 4.78 is 22.3. The van der Waals surface area contributed by atoms with E-state index in [1.54, 1.807) is 0 Å². The average molecular weight is 249 g/mol. The Balaban J connectivity index is 2.38. The Morgan fingerprint density at radius 2 is 2.12 bits per heavy atom. The molecule has 0 aliphatic carbocycles. The van der Waals surface area contributed by atoms with Crippen LogP contribution in [0.15, 0.2) is 0 Å². The molecule has 3 atom stereocenters. The maximum Gasteiger partial charge on any atom is 0.147 e. The van der Waals surface area contributed by atoms with Crippen molar-refractivity contribution in [2.24, 2.45) is 11.8 Å². The van der Waals surface area contributed by atoms with Crippen LogP contribution in [0.25, 0.3) is 0 Å². The summed E-state index contributed by atoms with van der Waals surface area (Å²) in [6.45, 7) is 6.41. The molecule has 1 heterocycles. The van der Waals surface area contributed by atoms with Gasteiger partial charge in [0.15, 0.2) is 0 Å². The minimum Gasteiger partial charge on any atom is -0.392 e. The van der Waals surface area contributed by atoms with Crippen molar-refractivity contribution in [2.75, 3.05) is 31.6 Å². The van der Waals surface area contributed by atoms with Gasteiger partial charge in [-0.3, -0.25) is 0 Å². The highest BCUT2D eigenvalue weighted by Crippen LogP contribution is 2.18. The van der Waals surface area contributed by atoms with Crippen LogP contribution < -0.4 is 0 Å². The number of piperidine rings is 1. The molecule has 0 amide bonds. The quantitative estimate of drug-likeness (QED) is 0.782. The standard InChI is InChI=1S/C11H23NO3S/c1-9(8-16(3,14)15)6-12-5-4-10(2)11(13)7-12/h9-11,13H,4-8H2,1-3H3. The second-order valence-corrected chi connectivity index (χ2v) is 7.48. The highest BCUT2D eigenvalue weighted by molar-refractivity contribution is 7.90. The molecule has 16 heavy (non-hydrogen) atoms. The largest absolute Gasteiger partial charge is 0.392 e. The van der Waals surface area contributed by atoms with Crippen LogP contribution in [0.4, 0.5) is 0 Å². The molecule has 1 fully saturated rings. The third-order valence-electron chi connectivity index (χ3n) is 3.16. The minimum absolute atomic E-state index is 0.135. The molecule has 96 valence electrons. The van der Waals surface area contributed by atoms with Crippen molar-refractivity contribution in [3.63, 3.8) is 0 Å². The molecule has 1 saturated heterocycles. The maximum absolute atomic E-state index is 11.1. The van der Waals surface area contributed by atoms with Crippen molar-refractivity contribution in [1.82, 2.24) is 4.90 Å². The molecule has 0 bridgehead atoms. The van der Waals surface area contributed by atoms with Gasteiger partial charge in [-0.25, -0.2) is 8.42 Å². The molecule has 0 spiro atoms. The lowest BCUT2D eigenvalue weighted by atomic mass is 9.95. The molecule has 5 heteroatoms. The van der Waals surface area contributed by atoms with Gasteiger partial charge in [0.05, 0.1) is 11.9 Å². The second kappa shape index (κ2) is 5.47. The highest BCUT2D eigenvalue weighted by Gasteiger charge is 2.25. The lowest BCUT2D eigenvalue weighted by Gasteiger charge is -2.35. The summed E-state index contributed by atoms with van der Waals surface area (Å²) in [6.07, 6.45) is 2.00. The lowest BCUT2D eigenvalue weighted by molar-refractivity contribution is 0.0250. The van der Waals surface area contributed by atoms with E-state index in [0.717, 1.165) is 19.5 Å². The molecular formula is C11H23NO3S. The maximum atomic E-state index is 11.1. The normalized spacial score (nSPS) is 30.2. The van der Waals surface area contributed by atoms with Crippen LogP contribution in [0.5, 0.6) is 0 Å². The Morgan fingerprint density at radius 1 is 1.50 bits per heavy atom. The predicted molar refractivity (Wildman–Crippen MR) is 65.1 cm³/mol. The molecule has 1 aliphatic heterocycles. The number of sulfone groups is 1. The second-order valence-electron chi connectivity index (χ2n) is 5.29. The van der Waals surface area contributed by atoms with Crippen LogP contribution in [-0.4, -0.2) is 56.2 Å². The summed E-state index contributed by atoms with van der Waals surface area (Å²) in [5, 5.41) is 9.73. The van der Waals surface area contributed by atoms with E-state index in [1.165, 1.54) is 6.26 Å². The topological polar surface area (TPSA) is 57.6 Å². The number of rotatable bonds is 4. The van der Waals surface area contributed by atoms with Gasteiger partial charge < -0.3 is 10.0 Å². The van der Waals surface area contributed by atoms with Crippen LogP contribution in [-0.2, 0) is 9.84 Å². The number of β-amino-alcohol motifs (C(OH)–C–C–N with tert-alkyl or cyclic N) is 1. The molecule has 0 aromatic carbocycles. The average Bonchev–Trinajstić information content (AvgIpc) is 2.08. The fourth-order valence-corrected chi connectivity index (χ4v) is 3.43. The van der Waals surface area contributed by atoms with Gasteiger partial charge in [-0.1, -0.05) is 13.8 Å². The number of hydrogen-bond donors (Lipinski definition) is 1. The van der Waals surface area contributed by atoms with Crippen molar-refractivity contribution in [2.45, 2.75) is 26.4 Å². The zero-order valence-corrected chi connectivity index (χ0v) is 11.2. The molecule has 1 aliphatic rings. The van der Waals surface area contributed by atoms with Crippen molar-refractivity contribution >= 4 is 9.84 Å². The van der Waals surface area contributed by atoms with Gasteiger partial charge in [-0.15, -0.1) is 0 Å². The Morgan fingerprint density at radius 3 is 2.62 bits per heavy atom. The zero-order chi connectivity index (χ0) is 12.3. The molecule has 1 rings (SSSR count). The molecule has 0 aromatic heterocycles. The van der Waals surface area contributed by atoms with E-state index < -0.39 is 9.84 Å². The van der Waals surface area contributed by atoms with Crippen LogP contribution in [0.3, 0.4) is 0 Å². The van der Waals surface area contributed by atoms with Crippen LogP contribution >= 0.6 is 0 Å². The fourth-order valence-electron chi connectivity index (χ4n) is 2.29. The predicted octanol–water partition coefficient (Wildman–Crippen LogP) is 0.370. The minimum atomic E-state index is -2.89. The molecule has 1 N–H and O–H groups in total. The van der Waals surface area contributed by atoms with Crippen LogP contribution in [0, 0.1) is 11.8 Å². The van der Waals surface area contributed by atoms with Gasteiger partial charge in [-0.2, -0.15) is 0 Å². The smallest absolute Gasteiger partial charge is 0.147 e. The Hall–Kier alpha value is -0.130. The van der Waals surface area contributed by atoms with E-state index in [9.17, 15) is 13.5 Å². The van der Waals surface area contributed by atoms with Crippen LogP contribution in [0.1, 0.15) is 20.3 Å². The van der Waals surface area contributed by atoms with E-state index in [-0.39, 0.29) is 17.8 Å². The summed E-state index contributed by atoms with van der Waals surface area (Å²) in [4.78, 5) is 2.17. The van der Waals surface area contributed by atoms with E-state index in [4.69, 9.17) is 0 Å². The Bertz CT molecular complexity index is 315. The van der Waals surface area contributed by atoms with Gasteiger partial charge in [-0.05, 0) is 24.8 Å². The fraction of sp³-hybridized carbons (Fsp3) is 1.00. The summed E-state index contributed by atoms with van der Waals surface area (Å²) in [5.41, 5.74) is 0. The first-order chi connectivity index (χ1) is 7.28. The zero-order valence-electron chi connectivity index (χ0n) is 10.4. The van der Waals surface area contributed by atoms with Crippen LogP contribution in [0.2, 0.25) is 0 Å². The SMILES string of the molecule is CC(CN1CCC(C)C(O)C1)CS(C)(=O)=O. The number of hydrogen-bond acceptors (Lipinski definition) is 4. The number of nitrogens with zero attached hydrogens (tertiary/aromatic N) is 1. The van der Waals surface area contributed by atoms with E-state index in [1.807, 2.05) is 6.92 Å². The Kier molecular flexibility index (Phi) is 4.76. The first-order valence-electron chi connectivity index (χ1n) is 5.86. The molecule has 0 aromatic rings. The van der Waals surface area contributed by atoms with Gasteiger partial charge in [0.1, 0.15) is 9.84 Å². The third kappa shape index (κ3) is 4.80. The number of likely N-dealkylation sites (tertiary alicyclic amines) is 1. The van der Waals surface area contributed by atoms with Crippen molar-refractivity contribution in [3.05, 3.63) is 0 Å². The highest BCUT2D eigenvalue weighted by atomic mass is 32.2. The third-order valence-corrected chi connectivity index (χ3v) is 4.33. The molecule has 3 unspecified atom stereocenters. The Labute approximate surface area is 98.6 Å². The molecule has 0 radical (unpaired) electrons. The summed E-state index contributed by atoms with van der Waals surface area (Å²) in [6, 6.07) is 0. The summed E-state index contributed by atoms with van der Waals surface area (Å²) >= 11 is 0. The van der Waals surface area contributed by atoms with Crippen molar-refractivity contribution in [1.29, 1.82) is 0 Å². The van der Waals surface area contributed by atoms with Gasteiger partial charge in [0, 0.05) is 19.3 Å². The van der Waals surface area contributed by atoms with Crippen molar-refractivity contribution in [3.8, 4) is 0 Å².